The quantitative estimate of drug-likeness (QED) is 0.639. The number of carbonyl (C=O) groups excluding carboxylic acids is 1. The van der Waals surface area contributed by atoms with Gasteiger partial charge in [0.25, 0.3) is 10.0 Å². The summed E-state index contributed by atoms with van der Waals surface area (Å²) in [5.74, 6) is -0.414. The molecule has 27 heavy (non-hydrogen) atoms. The molecule has 7 nitrogen and oxygen atoms in total. The van der Waals surface area contributed by atoms with E-state index in [1.54, 1.807) is 51.1 Å². The van der Waals surface area contributed by atoms with Crippen LogP contribution in [0.4, 0.5) is 0 Å². The minimum atomic E-state index is -3.78. The highest BCUT2D eigenvalue weighted by Gasteiger charge is 2.21. The Labute approximate surface area is 158 Å². The third-order valence-corrected chi connectivity index (χ3v) is 5.41. The van der Waals surface area contributed by atoms with Crippen LogP contribution in [0.3, 0.4) is 0 Å². The van der Waals surface area contributed by atoms with Crippen molar-refractivity contribution < 1.29 is 17.9 Å². The summed E-state index contributed by atoms with van der Waals surface area (Å²) in [4.78, 5) is 20.7. The molecule has 142 valence electrons. The lowest BCUT2D eigenvalue weighted by Gasteiger charge is -2.19. The van der Waals surface area contributed by atoms with Gasteiger partial charge in [0, 0.05) is 6.20 Å². The Morgan fingerprint density at radius 2 is 1.81 bits per heavy atom. The topological polar surface area (TPSA) is 91.2 Å². The van der Waals surface area contributed by atoms with Crippen molar-refractivity contribution in [1.82, 2.24) is 13.9 Å². The summed E-state index contributed by atoms with van der Waals surface area (Å²) in [7, 11) is -3.78. The second-order valence-corrected chi connectivity index (χ2v) is 9.08. The van der Waals surface area contributed by atoms with E-state index in [4.69, 9.17) is 4.74 Å². The maximum Gasteiger partial charge on any atom is 0.312 e. The standard InChI is InChI=1S/C19H21N3O4S/c1-13-5-7-15(8-6-13)27(24,25)22-10-9-16-18(22)20-12-14(21-16)11-17(23)26-19(2,3)4/h5-10,12H,11H2,1-4H3. The number of aryl methyl sites for hydroxylation is 1. The molecule has 0 spiro atoms. The average Bonchev–Trinajstić information content (AvgIpc) is 2.97. The van der Waals surface area contributed by atoms with Crippen LogP contribution in [0.2, 0.25) is 0 Å². The van der Waals surface area contributed by atoms with Crippen LogP contribution in [0.25, 0.3) is 11.2 Å². The fourth-order valence-electron chi connectivity index (χ4n) is 2.55. The fourth-order valence-corrected chi connectivity index (χ4v) is 3.85. The van der Waals surface area contributed by atoms with Crippen molar-refractivity contribution in [3.05, 3.63) is 54.0 Å². The van der Waals surface area contributed by atoms with E-state index >= 15 is 0 Å². The zero-order valence-electron chi connectivity index (χ0n) is 15.6. The Kier molecular flexibility index (Phi) is 4.77. The Bertz CT molecular complexity index is 1090. The van der Waals surface area contributed by atoms with Crippen LogP contribution < -0.4 is 0 Å². The summed E-state index contributed by atoms with van der Waals surface area (Å²) < 4.78 is 32.1. The third kappa shape index (κ3) is 4.16. The van der Waals surface area contributed by atoms with Gasteiger partial charge in [-0.25, -0.2) is 22.4 Å². The van der Waals surface area contributed by atoms with Crippen LogP contribution in [0.15, 0.2) is 47.6 Å². The lowest BCUT2D eigenvalue weighted by atomic mass is 10.2. The van der Waals surface area contributed by atoms with Crippen LogP contribution >= 0.6 is 0 Å². The van der Waals surface area contributed by atoms with Crippen molar-refractivity contribution in [2.75, 3.05) is 0 Å². The van der Waals surface area contributed by atoms with Gasteiger partial charge in [-0.3, -0.25) is 4.79 Å². The summed E-state index contributed by atoms with van der Waals surface area (Å²) in [5.41, 5.74) is 1.41. The van der Waals surface area contributed by atoms with E-state index in [2.05, 4.69) is 9.97 Å². The number of fused-ring (bicyclic) bond motifs is 1. The Hall–Kier alpha value is -2.74. The number of rotatable bonds is 4. The molecule has 0 aliphatic heterocycles. The molecule has 0 radical (unpaired) electrons. The van der Waals surface area contributed by atoms with Gasteiger partial charge in [-0.2, -0.15) is 0 Å². The number of nitrogens with zero attached hydrogens (tertiary/aromatic N) is 3. The highest BCUT2D eigenvalue weighted by Crippen LogP contribution is 2.20. The van der Waals surface area contributed by atoms with E-state index in [9.17, 15) is 13.2 Å². The molecule has 0 N–H and O–H groups in total. The van der Waals surface area contributed by atoms with Crippen LogP contribution in [0.1, 0.15) is 32.0 Å². The molecule has 0 aliphatic rings. The molecule has 8 heteroatoms. The van der Waals surface area contributed by atoms with Crippen molar-refractivity contribution >= 4 is 27.2 Å². The molecule has 0 atom stereocenters. The lowest BCUT2D eigenvalue weighted by molar-refractivity contribution is -0.154. The number of aromatic nitrogens is 3. The van der Waals surface area contributed by atoms with Crippen LogP contribution in [-0.2, 0) is 26.0 Å². The smallest absolute Gasteiger partial charge is 0.312 e. The number of hydrogen-bond acceptors (Lipinski definition) is 6. The van der Waals surface area contributed by atoms with Crippen molar-refractivity contribution in [3.8, 4) is 0 Å². The van der Waals surface area contributed by atoms with E-state index in [1.807, 2.05) is 6.92 Å². The molecule has 0 amide bonds. The normalized spacial score (nSPS) is 12.3. The van der Waals surface area contributed by atoms with E-state index in [-0.39, 0.29) is 17.0 Å². The maximum atomic E-state index is 12.9. The summed E-state index contributed by atoms with van der Waals surface area (Å²) in [6.07, 6.45) is 2.78. The molecular weight excluding hydrogens is 366 g/mol. The zero-order valence-corrected chi connectivity index (χ0v) is 16.4. The number of hydrogen-bond donors (Lipinski definition) is 0. The molecule has 1 aromatic carbocycles. The first-order valence-corrected chi connectivity index (χ1v) is 9.87. The van der Waals surface area contributed by atoms with Gasteiger partial charge in [-0.05, 0) is 45.9 Å². The molecule has 0 fully saturated rings. The average molecular weight is 387 g/mol. The van der Waals surface area contributed by atoms with E-state index in [0.29, 0.717) is 11.2 Å². The monoisotopic (exact) mass is 387 g/mol. The molecule has 0 saturated heterocycles. The van der Waals surface area contributed by atoms with Gasteiger partial charge in [0.2, 0.25) is 0 Å². The Morgan fingerprint density at radius 3 is 2.44 bits per heavy atom. The lowest BCUT2D eigenvalue weighted by Crippen LogP contribution is -2.25. The van der Waals surface area contributed by atoms with Crippen molar-refractivity contribution in [2.45, 2.75) is 44.6 Å². The maximum absolute atomic E-state index is 12.9. The van der Waals surface area contributed by atoms with Gasteiger partial charge in [-0.15, -0.1) is 0 Å². The van der Waals surface area contributed by atoms with Crippen molar-refractivity contribution in [1.29, 1.82) is 0 Å². The molecule has 3 rings (SSSR count). The number of esters is 1. The first-order chi connectivity index (χ1) is 12.6. The largest absolute Gasteiger partial charge is 0.460 e. The molecule has 0 aliphatic carbocycles. The summed E-state index contributed by atoms with van der Waals surface area (Å²) >= 11 is 0. The highest BCUT2D eigenvalue weighted by atomic mass is 32.2. The molecule has 2 aromatic heterocycles. The third-order valence-electron chi connectivity index (χ3n) is 3.73. The number of benzene rings is 1. The predicted molar refractivity (Wildman–Crippen MR) is 101 cm³/mol. The minimum Gasteiger partial charge on any atom is -0.460 e. The second kappa shape index (κ2) is 6.77. The highest BCUT2D eigenvalue weighted by molar-refractivity contribution is 7.90. The zero-order chi connectivity index (χ0) is 19.8. The summed E-state index contributed by atoms with van der Waals surface area (Å²) in [6.45, 7) is 7.25. The summed E-state index contributed by atoms with van der Waals surface area (Å²) in [6, 6.07) is 8.15. The van der Waals surface area contributed by atoms with Gasteiger partial charge >= 0.3 is 5.97 Å². The van der Waals surface area contributed by atoms with E-state index in [0.717, 1.165) is 9.54 Å². The van der Waals surface area contributed by atoms with E-state index in [1.165, 1.54) is 12.4 Å². The first-order valence-electron chi connectivity index (χ1n) is 8.43. The molecule has 0 saturated carbocycles. The Balaban J connectivity index is 1.92. The fraction of sp³-hybridized carbons (Fsp3) is 0.316. The van der Waals surface area contributed by atoms with Crippen LogP contribution in [0.5, 0.6) is 0 Å². The minimum absolute atomic E-state index is 0.0316. The molecule has 2 heterocycles. The first kappa shape index (κ1) is 19.0. The predicted octanol–water partition coefficient (Wildman–Crippen LogP) is 2.86. The molecule has 3 aromatic rings. The van der Waals surface area contributed by atoms with Crippen molar-refractivity contribution in [2.24, 2.45) is 0 Å². The van der Waals surface area contributed by atoms with Gasteiger partial charge in [0.05, 0.1) is 23.2 Å². The van der Waals surface area contributed by atoms with Gasteiger partial charge in [0.15, 0.2) is 5.65 Å². The van der Waals surface area contributed by atoms with Gasteiger partial charge < -0.3 is 4.74 Å². The molecule has 0 bridgehead atoms. The Morgan fingerprint density at radius 1 is 1.15 bits per heavy atom. The SMILES string of the molecule is Cc1ccc(S(=O)(=O)n2ccc3nc(CC(=O)OC(C)(C)C)cnc32)cc1. The van der Waals surface area contributed by atoms with Crippen LogP contribution in [0, 0.1) is 6.92 Å². The summed E-state index contributed by atoms with van der Waals surface area (Å²) in [5, 5.41) is 0. The molecule has 0 unspecified atom stereocenters. The van der Waals surface area contributed by atoms with Gasteiger partial charge in [0.1, 0.15) is 11.1 Å². The number of ether oxygens (including phenoxy) is 1. The number of carbonyl (C=O) groups is 1. The van der Waals surface area contributed by atoms with Gasteiger partial charge in [-0.1, -0.05) is 17.7 Å². The molecular formula is C19H21N3O4S. The van der Waals surface area contributed by atoms with E-state index < -0.39 is 21.6 Å². The van der Waals surface area contributed by atoms with Crippen LogP contribution in [-0.4, -0.2) is 33.9 Å². The van der Waals surface area contributed by atoms with Crippen molar-refractivity contribution in [3.63, 3.8) is 0 Å². The second-order valence-electron chi connectivity index (χ2n) is 7.26.